The first kappa shape index (κ1) is 20.0. The third-order valence-electron chi connectivity index (χ3n) is 5.02. The van der Waals surface area contributed by atoms with E-state index >= 15 is 0 Å². The predicted octanol–water partition coefficient (Wildman–Crippen LogP) is 3.56. The molecule has 1 aliphatic rings. The Morgan fingerprint density at radius 3 is 2.72 bits per heavy atom. The van der Waals surface area contributed by atoms with E-state index in [1.54, 1.807) is 32.0 Å². The van der Waals surface area contributed by atoms with Crippen molar-refractivity contribution in [3.05, 3.63) is 35.1 Å². The number of hydrogen-bond acceptors (Lipinski definition) is 3. The molecule has 2 rings (SSSR count). The van der Waals surface area contributed by atoms with Crippen molar-refractivity contribution in [2.75, 3.05) is 33.6 Å². The highest BCUT2D eigenvalue weighted by Gasteiger charge is 2.36. The quantitative estimate of drug-likeness (QED) is 0.517. The Balaban J connectivity index is 1.88. The lowest BCUT2D eigenvalue weighted by atomic mass is 9.67. The van der Waals surface area contributed by atoms with Crippen LogP contribution in [0.1, 0.15) is 36.8 Å². The number of aliphatic imine (C=N–C) groups is 1. The van der Waals surface area contributed by atoms with E-state index in [4.69, 9.17) is 4.74 Å². The zero-order valence-corrected chi connectivity index (χ0v) is 16.3. The SMILES string of the molecule is CN=C(NCc1ccc(F)cc1CSC)NCC1(CCOC)CCC1. The van der Waals surface area contributed by atoms with Gasteiger partial charge in [-0.05, 0) is 54.2 Å². The molecule has 140 valence electrons. The van der Waals surface area contributed by atoms with E-state index < -0.39 is 0 Å². The molecule has 0 amide bonds. The summed E-state index contributed by atoms with van der Waals surface area (Å²) in [5.41, 5.74) is 2.48. The molecule has 6 heteroatoms. The van der Waals surface area contributed by atoms with Crippen LogP contribution >= 0.6 is 11.8 Å². The van der Waals surface area contributed by atoms with Crippen molar-refractivity contribution in [3.63, 3.8) is 0 Å². The molecule has 2 N–H and O–H groups in total. The van der Waals surface area contributed by atoms with Crippen molar-refractivity contribution in [2.24, 2.45) is 10.4 Å². The van der Waals surface area contributed by atoms with E-state index in [1.165, 1.54) is 25.3 Å². The van der Waals surface area contributed by atoms with Gasteiger partial charge in [0, 0.05) is 39.6 Å². The van der Waals surface area contributed by atoms with Gasteiger partial charge in [-0.15, -0.1) is 0 Å². The zero-order valence-electron chi connectivity index (χ0n) is 15.5. The van der Waals surface area contributed by atoms with Crippen LogP contribution in [0.5, 0.6) is 0 Å². The largest absolute Gasteiger partial charge is 0.385 e. The van der Waals surface area contributed by atoms with E-state index in [2.05, 4.69) is 15.6 Å². The standard InChI is InChI=1S/C19H30FN3OS/c1-21-18(23-14-19(7-4-8-19)9-10-24-2)22-12-15-5-6-17(20)11-16(15)13-25-3/h5-6,11H,4,7-10,12-14H2,1-3H3,(H2,21,22,23). The first-order valence-electron chi connectivity index (χ1n) is 8.82. The van der Waals surface area contributed by atoms with Gasteiger partial charge in [0.05, 0.1) is 0 Å². The number of guanidine groups is 1. The lowest BCUT2D eigenvalue weighted by Gasteiger charge is -2.42. The summed E-state index contributed by atoms with van der Waals surface area (Å²) in [6.07, 6.45) is 6.90. The molecule has 1 saturated carbocycles. The molecule has 4 nitrogen and oxygen atoms in total. The van der Waals surface area contributed by atoms with Gasteiger partial charge in [0.15, 0.2) is 5.96 Å². The Hall–Kier alpha value is -1.27. The molecule has 0 spiro atoms. The molecule has 0 heterocycles. The lowest BCUT2D eigenvalue weighted by Crippen LogP contribution is -2.46. The van der Waals surface area contributed by atoms with Crippen molar-refractivity contribution in [3.8, 4) is 0 Å². The van der Waals surface area contributed by atoms with Crippen LogP contribution in [0, 0.1) is 11.2 Å². The van der Waals surface area contributed by atoms with Gasteiger partial charge in [-0.25, -0.2) is 4.39 Å². The van der Waals surface area contributed by atoms with Gasteiger partial charge in [0.1, 0.15) is 5.82 Å². The van der Waals surface area contributed by atoms with Crippen molar-refractivity contribution in [1.29, 1.82) is 0 Å². The summed E-state index contributed by atoms with van der Waals surface area (Å²) in [6.45, 7) is 2.36. The minimum Gasteiger partial charge on any atom is -0.385 e. The van der Waals surface area contributed by atoms with Crippen molar-refractivity contribution >= 4 is 17.7 Å². The molecule has 1 aromatic rings. The van der Waals surface area contributed by atoms with E-state index in [0.29, 0.717) is 12.0 Å². The van der Waals surface area contributed by atoms with E-state index in [0.717, 1.165) is 42.4 Å². The molecular weight excluding hydrogens is 337 g/mol. The molecule has 1 aromatic carbocycles. The summed E-state index contributed by atoms with van der Waals surface area (Å²) in [6, 6.07) is 5.00. The summed E-state index contributed by atoms with van der Waals surface area (Å²) in [4.78, 5) is 4.32. The Morgan fingerprint density at radius 2 is 2.12 bits per heavy atom. The Kier molecular flexibility index (Phi) is 8.03. The van der Waals surface area contributed by atoms with Crippen LogP contribution in [0.4, 0.5) is 4.39 Å². The van der Waals surface area contributed by atoms with Crippen molar-refractivity contribution in [1.82, 2.24) is 10.6 Å². The molecule has 0 saturated heterocycles. The molecule has 25 heavy (non-hydrogen) atoms. The normalized spacial score (nSPS) is 16.4. The molecule has 0 radical (unpaired) electrons. The third kappa shape index (κ3) is 5.89. The summed E-state index contributed by atoms with van der Waals surface area (Å²) >= 11 is 1.70. The highest BCUT2D eigenvalue weighted by molar-refractivity contribution is 7.97. The number of hydrogen-bond donors (Lipinski definition) is 2. The van der Waals surface area contributed by atoms with Gasteiger partial charge in [0.2, 0.25) is 0 Å². The van der Waals surface area contributed by atoms with Gasteiger partial charge >= 0.3 is 0 Å². The van der Waals surface area contributed by atoms with E-state index in [-0.39, 0.29) is 5.82 Å². The molecule has 0 aliphatic heterocycles. The topological polar surface area (TPSA) is 45.7 Å². The molecule has 0 unspecified atom stereocenters. The van der Waals surface area contributed by atoms with E-state index in [9.17, 15) is 4.39 Å². The lowest BCUT2D eigenvalue weighted by molar-refractivity contribution is 0.0732. The first-order chi connectivity index (χ1) is 12.1. The number of ether oxygens (including phenoxy) is 1. The molecule has 1 aliphatic carbocycles. The van der Waals surface area contributed by atoms with Crippen LogP contribution in [-0.2, 0) is 17.0 Å². The van der Waals surface area contributed by atoms with Crippen LogP contribution < -0.4 is 10.6 Å². The van der Waals surface area contributed by atoms with Gasteiger partial charge < -0.3 is 15.4 Å². The summed E-state index contributed by atoms with van der Waals surface area (Å²) in [5, 5.41) is 6.82. The zero-order chi connectivity index (χ0) is 18.1. The number of halogens is 1. The average Bonchev–Trinajstić information content (AvgIpc) is 2.58. The predicted molar refractivity (Wildman–Crippen MR) is 105 cm³/mol. The highest BCUT2D eigenvalue weighted by Crippen LogP contribution is 2.43. The van der Waals surface area contributed by atoms with E-state index in [1.807, 2.05) is 12.3 Å². The van der Waals surface area contributed by atoms with Crippen LogP contribution in [0.3, 0.4) is 0 Å². The van der Waals surface area contributed by atoms with Crippen molar-refractivity contribution < 1.29 is 9.13 Å². The van der Waals surface area contributed by atoms with Crippen LogP contribution in [-0.4, -0.2) is 39.5 Å². The average molecular weight is 368 g/mol. The summed E-state index contributed by atoms with van der Waals surface area (Å²) < 4.78 is 18.7. The van der Waals surface area contributed by atoms with Gasteiger partial charge in [0.25, 0.3) is 0 Å². The second kappa shape index (κ2) is 10.0. The Labute approximate surface area is 155 Å². The molecule has 1 fully saturated rings. The maximum absolute atomic E-state index is 13.5. The molecular formula is C19H30FN3OS. The van der Waals surface area contributed by atoms with Crippen molar-refractivity contribution in [2.45, 2.75) is 38.0 Å². The maximum Gasteiger partial charge on any atom is 0.191 e. The van der Waals surface area contributed by atoms with Gasteiger partial charge in [-0.3, -0.25) is 4.99 Å². The number of nitrogens with one attached hydrogen (secondary N) is 2. The smallest absolute Gasteiger partial charge is 0.191 e. The number of methoxy groups -OCH3 is 1. The van der Waals surface area contributed by atoms with Gasteiger partial charge in [-0.1, -0.05) is 12.5 Å². The maximum atomic E-state index is 13.5. The summed E-state index contributed by atoms with van der Waals surface area (Å²) in [5.74, 6) is 1.42. The van der Waals surface area contributed by atoms with Crippen LogP contribution in [0.15, 0.2) is 23.2 Å². The highest BCUT2D eigenvalue weighted by atomic mass is 32.2. The number of thioether (sulfide) groups is 1. The fraction of sp³-hybridized carbons (Fsp3) is 0.632. The van der Waals surface area contributed by atoms with Crippen LogP contribution in [0.2, 0.25) is 0 Å². The van der Waals surface area contributed by atoms with Crippen LogP contribution in [0.25, 0.3) is 0 Å². The number of nitrogens with zero attached hydrogens (tertiary/aromatic N) is 1. The summed E-state index contributed by atoms with van der Waals surface area (Å²) in [7, 11) is 3.54. The molecule has 0 atom stereocenters. The first-order valence-corrected chi connectivity index (χ1v) is 10.2. The minimum atomic E-state index is -0.180. The second-order valence-electron chi connectivity index (χ2n) is 6.72. The monoisotopic (exact) mass is 367 g/mol. The number of benzene rings is 1. The molecule has 0 aromatic heterocycles. The Bertz CT molecular complexity index is 576. The third-order valence-corrected chi connectivity index (χ3v) is 5.62. The fourth-order valence-electron chi connectivity index (χ4n) is 3.24. The second-order valence-corrected chi connectivity index (χ2v) is 7.59. The fourth-order valence-corrected chi connectivity index (χ4v) is 3.82. The Morgan fingerprint density at radius 1 is 1.32 bits per heavy atom. The number of rotatable bonds is 9. The molecule has 0 bridgehead atoms. The minimum absolute atomic E-state index is 0.180. The van der Waals surface area contributed by atoms with Gasteiger partial charge in [-0.2, -0.15) is 11.8 Å².